The molecule has 31 heavy (non-hydrogen) atoms. The molecule has 0 radical (unpaired) electrons. The molecule has 1 heterocycles. The number of nitrogens with zero attached hydrogens (tertiary/aromatic N) is 3. The van der Waals surface area contributed by atoms with Gasteiger partial charge in [-0.05, 0) is 62.7 Å². The van der Waals surface area contributed by atoms with Gasteiger partial charge in [-0.25, -0.2) is 5.01 Å². The maximum absolute atomic E-state index is 12.5. The third-order valence-corrected chi connectivity index (χ3v) is 5.71. The Labute approximate surface area is 182 Å². The number of hydrazone groups is 1. The molecule has 0 bridgehead atoms. The van der Waals surface area contributed by atoms with Gasteiger partial charge >= 0.3 is 0 Å². The minimum absolute atomic E-state index is 0.123. The molecule has 0 aliphatic carbocycles. The van der Waals surface area contributed by atoms with Crippen LogP contribution in [-0.4, -0.2) is 50.6 Å². The van der Waals surface area contributed by atoms with Crippen LogP contribution >= 0.6 is 0 Å². The summed E-state index contributed by atoms with van der Waals surface area (Å²) in [5.74, 6) is 0.754. The maximum Gasteiger partial charge on any atom is 0.285 e. The zero-order valence-corrected chi connectivity index (χ0v) is 18.8. The first kappa shape index (κ1) is 22.5. The van der Waals surface area contributed by atoms with Crippen LogP contribution in [0, 0.1) is 0 Å². The summed E-state index contributed by atoms with van der Waals surface area (Å²) < 4.78 is 34.0. The van der Waals surface area contributed by atoms with E-state index in [0.29, 0.717) is 11.3 Å². The fraction of sp³-hybridized carbons (Fsp3) is 0.318. The summed E-state index contributed by atoms with van der Waals surface area (Å²) in [7, 11) is -2.22. The van der Waals surface area contributed by atoms with E-state index in [-0.39, 0.29) is 35.1 Å². The van der Waals surface area contributed by atoms with Crippen LogP contribution in [0.5, 0.6) is 5.75 Å². The van der Waals surface area contributed by atoms with E-state index < -0.39 is 10.0 Å². The Hall–Kier alpha value is -3.20. The van der Waals surface area contributed by atoms with Crippen LogP contribution in [0.4, 0.5) is 0 Å². The zero-order valence-electron chi connectivity index (χ0n) is 18.0. The van der Waals surface area contributed by atoms with E-state index in [9.17, 15) is 13.2 Å². The van der Waals surface area contributed by atoms with Gasteiger partial charge in [-0.2, -0.15) is 13.5 Å². The van der Waals surface area contributed by atoms with Crippen LogP contribution in [0.25, 0.3) is 0 Å². The van der Waals surface area contributed by atoms with E-state index in [1.54, 1.807) is 43.7 Å². The molecule has 3 rings (SSSR count). The number of sulfonamides is 1. The van der Waals surface area contributed by atoms with E-state index in [1.165, 1.54) is 11.1 Å². The molecule has 1 aliphatic heterocycles. The summed E-state index contributed by atoms with van der Waals surface area (Å²) in [5, 5.41) is 8.81. The van der Waals surface area contributed by atoms with E-state index in [2.05, 4.69) is 14.8 Å². The SMILES string of the molecule is COc1ccc(/C=N\N(CCC(=O)NC(C)(C)C)C2=NS(=O)(=O)c3ccccc32)cc1. The summed E-state index contributed by atoms with van der Waals surface area (Å²) in [6.45, 7) is 5.86. The Bertz CT molecular complexity index is 1120. The van der Waals surface area contributed by atoms with Crippen molar-refractivity contribution in [2.75, 3.05) is 13.7 Å². The second-order valence-corrected chi connectivity index (χ2v) is 9.65. The van der Waals surface area contributed by atoms with Crippen LogP contribution in [0.3, 0.4) is 0 Å². The molecule has 0 atom stereocenters. The number of carbonyl (C=O) groups is 1. The summed E-state index contributed by atoms with van der Waals surface area (Å²) in [6.07, 6.45) is 1.72. The topological polar surface area (TPSA) is 100 Å². The lowest BCUT2D eigenvalue weighted by Crippen LogP contribution is -2.42. The molecule has 0 unspecified atom stereocenters. The van der Waals surface area contributed by atoms with Crippen LogP contribution in [-0.2, 0) is 14.8 Å². The predicted molar refractivity (Wildman–Crippen MR) is 120 cm³/mol. The molecular formula is C22H26N4O4S. The Balaban J connectivity index is 1.89. The number of nitrogens with one attached hydrogen (secondary N) is 1. The van der Waals surface area contributed by atoms with Crippen molar-refractivity contribution in [2.24, 2.45) is 9.50 Å². The highest BCUT2D eigenvalue weighted by atomic mass is 32.2. The van der Waals surface area contributed by atoms with Gasteiger partial charge in [0.05, 0.1) is 19.9 Å². The molecule has 0 saturated heterocycles. The fourth-order valence-electron chi connectivity index (χ4n) is 3.01. The van der Waals surface area contributed by atoms with E-state index in [1.807, 2.05) is 32.9 Å². The predicted octanol–water partition coefficient (Wildman–Crippen LogP) is 2.79. The van der Waals surface area contributed by atoms with Gasteiger partial charge in [-0.3, -0.25) is 4.79 Å². The minimum Gasteiger partial charge on any atom is -0.497 e. The lowest BCUT2D eigenvalue weighted by Gasteiger charge is -2.22. The van der Waals surface area contributed by atoms with Gasteiger partial charge in [0.1, 0.15) is 10.6 Å². The van der Waals surface area contributed by atoms with Gasteiger partial charge in [0.25, 0.3) is 10.0 Å². The first-order valence-corrected chi connectivity index (χ1v) is 11.2. The first-order valence-electron chi connectivity index (χ1n) is 9.80. The lowest BCUT2D eigenvalue weighted by atomic mass is 10.1. The zero-order chi connectivity index (χ0) is 22.6. The molecule has 0 fully saturated rings. The van der Waals surface area contributed by atoms with E-state index >= 15 is 0 Å². The van der Waals surface area contributed by atoms with Gasteiger partial charge in [0, 0.05) is 17.5 Å². The second kappa shape index (κ2) is 8.89. The molecule has 0 saturated carbocycles. The van der Waals surface area contributed by atoms with E-state index in [4.69, 9.17) is 4.74 Å². The molecule has 9 heteroatoms. The molecule has 0 aromatic heterocycles. The lowest BCUT2D eigenvalue weighted by molar-refractivity contribution is -0.122. The molecule has 1 aliphatic rings. The van der Waals surface area contributed by atoms with Crippen molar-refractivity contribution in [1.29, 1.82) is 0 Å². The molecule has 1 N–H and O–H groups in total. The normalized spacial score (nSPS) is 14.8. The van der Waals surface area contributed by atoms with Crippen molar-refractivity contribution in [1.82, 2.24) is 10.3 Å². The monoisotopic (exact) mass is 442 g/mol. The molecule has 0 spiro atoms. The van der Waals surface area contributed by atoms with Crippen LogP contribution in [0.2, 0.25) is 0 Å². The number of methoxy groups -OCH3 is 1. The minimum atomic E-state index is -3.80. The Kier molecular flexibility index (Phi) is 6.45. The number of fused-ring (bicyclic) bond motifs is 1. The van der Waals surface area contributed by atoms with Crippen LogP contribution < -0.4 is 10.1 Å². The van der Waals surface area contributed by atoms with Gasteiger partial charge in [0.2, 0.25) is 5.91 Å². The van der Waals surface area contributed by atoms with Crippen LogP contribution in [0.15, 0.2) is 62.9 Å². The van der Waals surface area contributed by atoms with Crippen LogP contribution in [0.1, 0.15) is 38.3 Å². The highest BCUT2D eigenvalue weighted by Crippen LogP contribution is 2.27. The van der Waals surface area contributed by atoms with Crippen molar-refractivity contribution in [2.45, 2.75) is 37.6 Å². The van der Waals surface area contributed by atoms with Gasteiger partial charge in [-0.1, -0.05) is 12.1 Å². The Morgan fingerprint density at radius 2 is 1.84 bits per heavy atom. The summed E-state index contributed by atoms with van der Waals surface area (Å²) in [5.41, 5.74) is 0.889. The quantitative estimate of drug-likeness (QED) is 0.548. The van der Waals surface area contributed by atoms with Gasteiger partial charge < -0.3 is 10.1 Å². The summed E-state index contributed by atoms with van der Waals surface area (Å²) in [4.78, 5) is 12.5. The molecular weight excluding hydrogens is 416 g/mol. The largest absolute Gasteiger partial charge is 0.497 e. The Morgan fingerprint density at radius 1 is 1.16 bits per heavy atom. The van der Waals surface area contributed by atoms with E-state index in [0.717, 1.165) is 5.56 Å². The van der Waals surface area contributed by atoms with Crippen molar-refractivity contribution in [3.63, 3.8) is 0 Å². The van der Waals surface area contributed by atoms with Gasteiger partial charge in [-0.15, -0.1) is 4.40 Å². The molecule has 2 aromatic rings. The molecule has 164 valence electrons. The molecule has 8 nitrogen and oxygen atoms in total. The smallest absolute Gasteiger partial charge is 0.285 e. The number of ether oxygens (including phenoxy) is 1. The third kappa shape index (κ3) is 5.69. The highest BCUT2D eigenvalue weighted by molar-refractivity contribution is 7.90. The van der Waals surface area contributed by atoms with Crippen molar-refractivity contribution < 1.29 is 17.9 Å². The van der Waals surface area contributed by atoms with Gasteiger partial charge in [0.15, 0.2) is 5.84 Å². The third-order valence-electron chi connectivity index (χ3n) is 4.38. The fourth-order valence-corrected chi connectivity index (χ4v) is 4.21. The second-order valence-electron chi connectivity index (χ2n) is 8.08. The van der Waals surface area contributed by atoms with Crippen molar-refractivity contribution in [3.8, 4) is 5.75 Å². The van der Waals surface area contributed by atoms with Crippen molar-refractivity contribution >= 4 is 28.0 Å². The first-order chi connectivity index (χ1) is 14.6. The maximum atomic E-state index is 12.5. The number of carbonyl (C=O) groups excluding carboxylic acids is 1. The number of amidine groups is 1. The average Bonchev–Trinajstić information content (AvgIpc) is 2.98. The standard InChI is InChI=1S/C22H26N4O4S/c1-22(2,3)24-20(27)13-14-26(23-15-16-9-11-17(30-4)12-10-16)21-18-7-5-6-8-19(18)31(28,29)25-21/h5-12,15H,13-14H2,1-4H3,(H,24,27)/b23-15-. The summed E-state index contributed by atoms with van der Waals surface area (Å²) in [6, 6.07) is 13.8. The number of hydrogen-bond acceptors (Lipinski definition) is 6. The molecule has 2 aromatic carbocycles. The number of rotatable bonds is 6. The molecule has 1 amide bonds. The number of benzene rings is 2. The average molecular weight is 443 g/mol. The number of hydrogen-bond donors (Lipinski definition) is 1. The van der Waals surface area contributed by atoms with Crippen molar-refractivity contribution in [3.05, 3.63) is 59.7 Å². The number of amides is 1. The highest BCUT2D eigenvalue weighted by Gasteiger charge is 2.32. The summed E-state index contributed by atoms with van der Waals surface area (Å²) >= 11 is 0. The Morgan fingerprint density at radius 3 is 2.48 bits per heavy atom.